The van der Waals surface area contributed by atoms with E-state index < -0.39 is 0 Å². The summed E-state index contributed by atoms with van der Waals surface area (Å²) >= 11 is 0. The Bertz CT molecular complexity index is 673. The van der Waals surface area contributed by atoms with Gasteiger partial charge in [-0.25, -0.2) is 0 Å². The highest BCUT2D eigenvalue weighted by Gasteiger charge is 2.33. The summed E-state index contributed by atoms with van der Waals surface area (Å²) in [5.41, 5.74) is 1.25. The molecule has 1 heterocycles. The zero-order chi connectivity index (χ0) is 15.0. The van der Waals surface area contributed by atoms with Crippen molar-refractivity contribution in [1.82, 2.24) is 10.2 Å². The molecule has 2 amide bonds. The Balaban J connectivity index is 2.07. The molecule has 4 heteroatoms. The lowest BCUT2D eigenvalue weighted by atomic mass is 9.93. The highest BCUT2D eigenvalue weighted by molar-refractivity contribution is 6.25. The van der Waals surface area contributed by atoms with Gasteiger partial charge in [0.05, 0.1) is 0 Å². The summed E-state index contributed by atoms with van der Waals surface area (Å²) in [6, 6.07) is 11.2. The molecule has 1 unspecified atom stereocenters. The number of carbonyl (C=O) groups excluding carboxylic acids is 2. The molecule has 4 nitrogen and oxygen atoms in total. The van der Waals surface area contributed by atoms with E-state index in [1.165, 1.54) is 4.90 Å². The lowest BCUT2D eigenvalue weighted by Gasteiger charge is -2.29. The number of hydrogen-bond donors (Lipinski definition) is 1. The Labute approximate surface area is 123 Å². The fourth-order valence-electron chi connectivity index (χ4n) is 2.97. The molecule has 1 aliphatic rings. The maximum Gasteiger partial charge on any atom is 0.261 e. The minimum atomic E-state index is -0.188. The van der Waals surface area contributed by atoms with Gasteiger partial charge in [0.15, 0.2) is 0 Å². The minimum Gasteiger partial charge on any atom is -0.319 e. The topological polar surface area (TPSA) is 49.4 Å². The third-order valence-electron chi connectivity index (χ3n) is 3.90. The molecule has 0 saturated carbocycles. The monoisotopic (exact) mass is 282 g/mol. The molecule has 0 aliphatic carbocycles. The van der Waals surface area contributed by atoms with E-state index in [2.05, 4.69) is 5.32 Å². The SMILES string of the molecule is CNCC(C)CN1C(=O)c2cccc3cccc(c23)C1=O. The number of hydrogen-bond acceptors (Lipinski definition) is 3. The number of nitrogens with one attached hydrogen (secondary N) is 1. The number of imide groups is 1. The van der Waals surface area contributed by atoms with Crippen LogP contribution in [0.25, 0.3) is 10.8 Å². The summed E-state index contributed by atoms with van der Waals surface area (Å²) in [5, 5.41) is 4.80. The number of amides is 2. The van der Waals surface area contributed by atoms with Crippen LogP contribution in [0.2, 0.25) is 0 Å². The Hall–Kier alpha value is -2.20. The van der Waals surface area contributed by atoms with Gasteiger partial charge < -0.3 is 5.32 Å². The standard InChI is InChI=1S/C17H18N2O2/c1-11(9-18-2)10-19-16(20)13-7-3-5-12-6-4-8-14(15(12)13)17(19)21/h3-8,11,18H,9-10H2,1-2H3. The third kappa shape index (κ3) is 2.21. The van der Waals surface area contributed by atoms with Crippen LogP contribution in [0.1, 0.15) is 27.6 Å². The van der Waals surface area contributed by atoms with Crippen molar-refractivity contribution in [2.24, 2.45) is 5.92 Å². The molecule has 2 aromatic carbocycles. The minimum absolute atomic E-state index is 0.188. The second kappa shape index (κ2) is 5.30. The fourth-order valence-corrected chi connectivity index (χ4v) is 2.97. The molecule has 108 valence electrons. The lowest BCUT2D eigenvalue weighted by Crippen LogP contribution is -2.44. The molecule has 0 saturated heterocycles. The molecule has 2 aromatic rings. The quantitative estimate of drug-likeness (QED) is 0.875. The fraction of sp³-hybridized carbons (Fsp3) is 0.294. The maximum absolute atomic E-state index is 12.6. The van der Waals surface area contributed by atoms with Gasteiger partial charge in [0.1, 0.15) is 0 Å². The predicted molar refractivity (Wildman–Crippen MR) is 82.4 cm³/mol. The van der Waals surface area contributed by atoms with Gasteiger partial charge in [0.2, 0.25) is 0 Å². The van der Waals surface area contributed by atoms with E-state index in [1.54, 1.807) is 12.1 Å². The van der Waals surface area contributed by atoms with Crippen molar-refractivity contribution in [2.45, 2.75) is 6.92 Å². The third-order valence-corrected chi connectivity index (χ3v) is 3.90. The van der Waals surface area contributed by atoms with Crippen LogP contribution in [0.5, 0.6) is 0 Å². The molecule has 0 spiro atoms. The van der Waals surface area contributed by atoms with Crippen molar-refractivity contribution < 1.29 is 9.59 Å². The van der Waals surface area contributed by atoms with Gasteiger partial charge in [-0.1, -0.05) is 31.2 Å². The molecule has 3 rings (SSSR count). The lowest BCUT2D eigenvalue weighted by molar-refractivity contribution is 0.0589. The summed E-state index contributed by atoms with van der Waals surface area (Å²) < 4.78 is 0. The van der Waals surface area contributed by atoms with Crippen LogP contribution in [0, 0.1) is 5.92 Å². The molecule has 1 N–H and O–H groups in total. The van der Waals surface area contributed by atoms with E-state index in [0.29, 0.717) is 17.7 Å². The van der Waals surface area contributed by atoms with Crippen molar-refractivity contribution in [3.05, 3.63) is 47.5 Å². The van der Waals surface area contributed by atoms with Crippen molar-refractivity contribution in [3.8, 4) is 0 Å². The van der Waals surface area contributed by atoms with Crippen LogP contribution in [0.15, 0.2) is 36.4 Å². The van der Waals surface area contributed by atoms with E-state index in [4.69, 9.17) is 0 Å². The first-order valence-electron chi connectivity index (χ1n) is 7.16. The van der Waals surface area contributed by atoms with Crippen LogP contribution in [0.4, 0.5) is 0 Å². The normalized spacial score (nSPS) is 15.6. The zero-order valence-electron chi connectivity index (χ0n) is 12.2. The van der Waals surface area contributed by atoms with Crippen molar-refractivity contribution >= 4 is 22.6 Å². The van der Waals surface area contributed by atoms with Crippen molar-refractivity contribution in [3.63, 3.8) is 0 Å². The molecule has 0 radical (unpaired) electrons. The molecule has 1 aliphatic heterocycles. The van der Waals surface area contributed by atoms with Crippen LogP contribution in [-0.2, 0) is 0 Å². The molecule has 1 atom stereocenters. The van der Waals surface area contributed by atoms with Gasteiger partial charge in [-0.2, -0.15) is 0 Å². The first kappa shape index (κ1) is 13.8. The van der Waals surface area contributed by atoms with Crippen LogP contribution in [-0.4, -0.2) is 36.9 Å². The van der Waals surface area contributed by atoms with Gasteiger partial charge in [0.25, 0.3) is 11.8 Å². The van der Waals surface area contributed by atoms with Gasteiger partial charge in [-0.05, 0) is 37.0 Å². The van der Waals surface area contributed by atoms with Gasteiger partial charge in [-0.15, -0.1) is 0 Å². The van der Waals surface area contributed by atoms with Crippen molar-refractivity contribution in [1.29, 1.82) is 0 Å². The second-order valence-electron chi connectivity index (χ2n) is 5.59. The second-order valence-corrected chi connectivity index (χ2v) is 5.59. The van der Waals surface area contributed by atoms with Gasteiger partial charge in [-0.3, -0.25) is 14.5 Å². The van der Waals surface area contributed by atoms with Crippen LogP contribution >= 0.6 is 0 Å². The highest BCUT2D eigenvalue weighted by atomic mass is 16.2. The van der Waals surface area contributed by atoms with E-state index >= 15 is 0 Å². The number of benzene rings is 2. The molecular formula is C17H18N2O2. The first-order valence-corrected chi connectivity index (χ1v) is 7.16. The van der Waals surface area contributed by atoms with Gasteiger partial charge in [0, 0.05) is 23.1 Å². The highest BCUT2D eigenvalue weighted by Crippen LogP contribution is 2.30. The van der Waals surface area contributed by atoms with E-state index in [0.717, 1.165) is 17.3 Å². The number of carbonyl (C=O) groups is 2. The van der Waals surface area contributed by atoms with Crippen LogP contribution < -0.4 is 5.32 Å². The zero-order valence-corrected chi connectivity index (χ0v) is 12.2. The Morgan fingerprint density at radius 2 is 1.62 bits per heavy atom. The average Bonchev–Trinajstić information content (AvgIpc) is 2.49. The summed E-state index contributed by atoms with van der Waals surface area (Å²) in [5.74, 6) is -0.160. The van der Waals surface area contributed by atoms with E-state index in [1.807, 2.05) is 38.2 Å². The molecule has 21 heavy (non-hydrogen) atoms. The predicted octanol–water partition coefficient (Wildman–Crippen LogP) is 2.29. The summed E-state index contributed by atoms with van der Waals surface area (Å²) in [6.45, 7) is 3.23. The van der Waals surface area contributed by atoms with E-state index in [-0.39, 0.29) is 17.7 Å². The number of nitrogens with zero attached hydrogens (tertiary/aromatic N) is 1. The summed E-state index contributed by atoms with van der Waals surface area (Å²) in [6.07, 6.45) is 0. The molecule has 0 bridgehead atoms. The first-order chi connectivity index (χ1) is 10.1. The molecule has 0 fully saturated rings. The van der Waals surface area contributed by atoms with Crippen molar-refractivity contribution in [2.75, 3.05) is 20.1 Å². The smallest absolute Gasteiger partial charge is 0.261 e. The largest absolute Gasteiger partial charge is 0.319 e. The summed E-state index contributed by atoms with van der Waals surface area (Å²) in [4.78, 5) is 26.7. The van der Waals surface area contributed by atoms with E-state index in [9.17, 15) is 9.59 Å². The number of rotatable bonds is 4. The molecular weight excluding hydrogens is 264 g/mol. The van der Waals surface area contributed by atoms with Gasteiger partial charge >= 0.3 is 0 Å². The Kier molecular flexibility index (Phi) is 3.47. The average molecular weight is 282 g/mol. The van der Waals surface area contributed by atoms with Crippen LogP contribution in [0.3, 0.4) is 0 Å². The summed E-state index contributed by atoms with van der Waals surface area (Å²) in [7, 11) is 1.87. The molecule has 0 aromatic heterocycles. The Morgan fingerprint density at radius 3 is 2.14 bits per heavy atom. The Morgan fingerprint density at radius 1 is 1.05 bits per heavy atom. The maximum atomic E-state index is 12.6.